The zero-order chi connectivity index (χ0) is 22.8. The summed E-state index contributed by atoms with van der Waals surface area (Å²) >= 11 is 12.9. The third-order valence-corrected chi connectivity index (χ3v) is 4.97. The molecule has 32 heavy (non-hydrogen) atoms. The number of ether oxygens (including phenoxy) is 2. The Bertz CT molecular complexity index is 1150. The van der Waals surface area contributed by atoms with Crippen LogP contribution in [0, 0.1) is 11.3 Å². The second-order valence-electron chi connectivity index (χ2n) is 5.89. The van der Waals surface area contributed by atoms with Crippen LogP contribution < -0.4 is 14.9 Å². The second-order valence-corrected chi connectivity index (χ2v) is 7.66. The van der Waals surface area contributed by atoms with E-state index in [-0.39, 0.29) is 36.0 Å². The van der Waals surface area contributed by atoms with Crippen LogP contribution in [0.3, 0.4) is 0 Å². The summed E-state index contributed by atoms with van der Waals surface area (Å²) in [5, 5.41) is 21.3. The lowest BCUT2D eigenvalue weighted by atomic mass is 10.2. The van der Waals surface area contributed by atoms with Gasteiger partial charge in [0.05, 0.1) is 17.0 Å². The first kappa shape index (κ1) is 23.4. The van der Waals surface area contributed by atoms with E-state index in [1.54, 1.807) is 42.5 Å². The number of halogens is 2. The number of carbonyl (C=O) groups is 1. The van der Waals surface area contributed by atoms with Crippen molar-refractivity contribution in [1.82, 2.24) is 15.6 Å². The molecule has 1 N–H and O–H groups in total. The lowest BCUT2D eigenvalue weighted by molar-refractivity contribution is -0.118. The van der Waals surface area contributed by atoms with Crippen molar-refractivity contribution in [2.24, 2.45) is 5.10 Å². The summed E-state index contributed by atoms with van der Waals surface area (Å²) < 4.78 is 16.2. The minimum absolute atomic E-state index is 0.00935. The molecule has 9 nitrogen and oxygen atoms in total. The first-order valence-electron chi connectivity index (χ1n) is 8.99. The number of nitriles is 1. The van der Waals surface area contributed by atoms with Gasteiger partial charge in [-0.25, -0.2) is 5.43 Å². The van der Waals surface area contributed by atoms with Gasteiger partial charge in [0.2, 0.25) is 0 Å². The van der Waals surface area contributed by atoms with Crippen LogP contribution in [0.25, 0.3) is 0 Å². The molecule has 3 rings (SSSR count). The predicted octanol–water partition coefficient (Wildman–Crippen LogP) is 4.10. The fourth-order valence-corrected chi connectivity index (χ4v) is 3.28. The van der Waals surface area contributed by atoms with Crippen LogP contribution in [0.1, 0.15) is 11.5 Å². The molecular formula is C20H15Cl2N5O4S. The monoisotopic (exact) mass is 491 g/mol. The molecule has 0 aliphatic carbocycles. The molecule has 0 bridgehead atoms. The van der Waals surface area contributed by atoms with Crippen molar-refractivity contribution in [1.29, 1.82) is 5.26 Å². The van der Waals surface area contributed by atoms with Crippen LogP contribution in [-0.4, -0.2) is 34.7 Å². The number of hydrogen-bond acceptors (Lipinski definition) is 9. The van der Waals surface area contributed by atoms with E-state index in [1.807, 2.05) is 6.07 Å². The van der Waals surface area contributed by atoms with E-state index in [2.05, 4.69) is 20.7 Å². The quantitative estimate of drug-likeness (QED) is 0.255. The van der Waals surface area contributed by atoms with Gasteiger partial charge < -0.3 is 13.9 Å². The van der Waals surface area contributed by atoms with Gasteiger partial charge in [-0.1, -0.05) is 47.1 Å². The Morgan fingerprint density at radius 2 is 2.06 bits per heavy atom. The number of para-hydroxylation sites is 1. The predicted molar refractivity (Wildman–Crippen MR) is 119 cm³/mol. The van der Waals surface area contributed by atoms with Crippen LogP contribution in [0.4, 0.5) is 0 Å². The highest BCUT2D eigenvalue weighted by Crippen LogP contribution is 2.28. The summed E-state index contributed by atoms with van der Waals surface area (Å²) in [5.41, 5.74) is 3.02. The van der Waals surface area contributed by atoms with Gasteiger partial charge >= 0.3 is 0 Å². The molecule has 0 radical (unpaired) electrons. The number of rotatable bonds is 10. The topological polar surface area (TPSA) is 123 Å². The Balaban J connectivity index is 1.44. The zero-order valence-corrected chi connectivity index (χ0v) is 18.7. The highest BCUT2D eigenvalue weighted by atomic mass is 35.5. The smallest absolute Gasteiger partial charge is 0.277 e. The molecule has 12 heteroatoms. The van der Waals surface area contributed by atoms with Crippen molar-refractivity contribution >= 4 is 47.1 Å². The third-order valence-electron chi connectivity index (χ3n) is 3.62. The summed E-state index contributed by atoms with van der Waals surface area (Å²) in [4.78, 5) is 12.0. The van der Waals surface area contributed by atoms with Gasteiger partial charge in [-0.05, 0) is 30.3 Å². The Hall–Kier alpha value is -3.26. The van der Waals surface area contributed by atoms with Crippen molar-refractivity contribution in [2.45, 2.75) is 11.8 Å². The average molecular weight is 492 g/mol. The highest BCUT2D eigenvalue weighted by molar-refractivity contribution is 7.99. The van der Waals surface area contributed by atoms with E-state index >= 15 is 0 Å². The van der Waals surface area contributed by atoms with Gasteiger partial charge in [-0.2, -0.15) is 10.4 Å². The fourth-order valence-electron chi connectivity index (χ4n) is 2.25. The maximum absolute atomic E-state index is 12.0. The van der Waals surface area contributed by atoms with Crippen molar-refractivity contribution < 1.29 is 18.7 Å². The van der Waals surface area contributed by atoms with Gasteiger partial charge in [-0.3, -0.25) is 4.79 Å². The number of carbonyl (C=O) groups excluding carboxylic acids is 1. The first-order chi connectivity index (χ1) is 15.5. The fraction of sp³-hybridized carbons (Fsp3) is 0.150. The molecule has 0 saturated heterocycles. The minimum Gasteiger partial charge on any atom is -0.482 e. The molecule has 0 saturated carbocycles. The largest absolute Gasteiger partial charge is 0.482 e. The van der Waals surface area contributed by atoms with Crippen molar-refractivity contribution in [2.75, 3.05) is 12.4 Å². The molecule has 0 atom stereocenters. The van der Waals surface area contributed by atoms with Crippen molar-refractivity contribution in [3.63, 3.8) is 0 Å². The van der Waals surface area contributed by atoms with Gasteiger partial charge in [0, 0.05) is 10.6 Å². The Morgan fingerprint density at radius 1 is 1.22 bits per heavy atom. The Morgan fingerprint density at radius 3 is 2.88 bits per heavy atom. The number of amides is 1. The van der Waals surface area contributed by atoms with Crippen LogP contribution in [-0.2, 0) is 11.4 Å². The summed E-state index contributed by atoms with van der Waals surface area (Å²) in [6, 6.07) is 13.7. The van der Waals surface area contributed by atoms with Crippen molar-refractivity contribution in [3.8, 4) is 17.6 Å². The molecule has 0 spiro atoms. The number of nitrogens with zero attached hydrogens (tertiary/aromatic N) is 4. The second kappa shape index (κ2) is 12.0. The number of nitrogens with one attached hydrogen (secondary N) is 1. The van der Waals surface area contributed by atoms with Gasteiger partial charge in [0.15, 0.2) is 13.2 Å². The SMILES string of the molecule is N#CCOc1ccccc1/C=N\NC(=O)CSc1nnc(COc2ccc(Cl)cc2Cl)o1. The summed E-state index contributed by atoms with van der Waals surface area (Å²) in [7, 11) is 0. The van der Waals surface area contributed by atoms with E-state index in [4.69, 9.17) is 42.4 Å². The van der Waals surface area contributed by atoms with Gasteiger partial charge in [0.25, 0.3) is 17.0 Å². The first-order valence-corrected chi connectivity index (χ1v) is 10.7. The lowest BCUT2D eigenvalue weighted by Crippen LogP contribution is -2.19. The van der Waals surface area contributed by atoms with E-state index in [1.165, 1.54) is 6.21 Å². The van der Waals surface area contributed by atoms with E-state index in [0.717, 1.165) is 11.8 Å². The maximum Gasteiger partial charge on any atom is 0.277 e. The molecule has 3 aromatic rings. The highest BCUT2D eigenvalue weighted by Gasteiger charge is 2.11. The lowest BCUT2D eigenvalue weighted by Gasteiger charge is -2.05. The zero-order valence-electron chi connectivity index (χ0n) is 16.3. The van der Waals surface area contributed by atoms with Crippen LogP contribution in [0.2, 0.25) is 10.0 Å². The Labute approximate surface area is 197 Å². The average Bonchev–Trinajstić information content (AvgIpc) is 3.24. The van der Waals surface area contributed by atoms with Crippen molar-refractivity contribution in [3.05, 3.63) is 64.0 Å². The number of benzene rings is 2. The van der Waals surface area contributed by atoms with Crippen LogP contribution in [0.5, 0.6) is 11.5 Å². The van der Waals surface area contributed by atoms with Crippen LogP contribution in [0.15, 0.2) is 57.2 Å². The molecule has 1 heterocycles. The van der Waals surface area contributed by atoms with Gasteiger partial charge in [0.1, 0.15) is 17.6 Å². The molecule has 164 valence electrons. The van der Waals surface area contributed by atoms with E-state index in [9.17, 15) is 4.79 Å². The number of hydrogen-bond donors (Lipinski definition) is 1. The molecule has 2 aromatic carbocycles. The third kappa shape index (κ3) is 7.16. The molecule has 0 fully saturated rings. The standard InChI is InChI=1S/C20H15Cl2N5O4S/c21-14-5-6-17(15(22)9-14)30-11-19-26-27-20(31-19)32-12-18(28)25-24-10-13-3-1-2-4-16(13)29-8-7-23/h1-6,9-10H,8,11-12H2,(H,25,28)/b24-10-. The molecule has 0 aliphatic rings. The van der Waals surface area contributed by atoms with E-state index < -0.39 is 0 Å². The summed E-state index contributed by atoms with van der Waals surface area (Å²) in [6.45, 7) is -0.0729. The molecule has 1 aromatic heterocycles. The van der Waals surface area contributed by atoms with E-state index in [0.29, 0.717) is 27.1 Å². The number of aromatic nitrogens is 2. The summed E-state index contributed by atoms with van der Waals surface area (Å²) in [6.07, 6.45) is 1.43. The molecule has 0 aliphatic heterocycles. The normalized spacial score (nSPS) is 10.7. The Kier molecular flexibility index (Phi) is 8.74. The summed E-state index contributed by atoms with van der Waals surface area (Å²) in [5.74, 6) is 0.786. The molecular weight excluding hydrogens is 477 g/mol. The number of thioether (sulfide) groups is 1. The van der Waals surface area contributed by atoms with Gasteiger partial charge in [-0.15, -0.1) is 10.2 Å². The number of hydrazone groups is 1. The minimum atomic E-state index is -0.370. The molecule has 0 unspecified atom stereocenters. The maximum atomic E-state index is 12.0. The van der Waals surface area contributed by atoms with Crippen LogP contribution >= 0.6 is 35.0 Å². The molecule has 1 amide bonds.